The Balaban J connectivity index is 1.81. The van der Waals surface area contributed by atoms with Gasteiger partial charge in [-0.15, -0.1) is 0 Å². The Morgan fingerprint density at radius 1 is 1.00 bits per heavy atom. The summed E-state index contributed by atoms with van der Waals surface area (Å²) in [5.41, 5.74) is -0.963. The van der Waals surface area contributed by atoms with Crippen LogP contribution in [0.1, 0.15) is 10.4 Å². The third kappa shape index (κ3) is 6.68. The minimum atomic E-state index is -4.66. The first kappa shape index (κ1) is 24.0. The summed E-state index contributed by atoms with van der Waals surface area (Å²) in [6, 6.07) is 6.38. The Bertz CT molecular complexity index is 1190. The van der Waals surface area contributed by atoms with Gasteiger partial charge in [0.15, 0.2) is 18.3 Å². The summed E-state index contributed by atoms with van der Waals surface area (Å²) in [7, 11) is 0. The Hall–Kier alpha value is -3.62. The van der Waals surface area contributed by atoms with Crippen molar-refractivity contribution in [2.24, 2.45) is 0 Å². The number of thiazole rings is 1. The number of ether oxygens (including phenoxy) is 2. The van der Waals surface area contributed by atoms with Crippen LogP contribution in [0.4, 0.5) is 37.2 Å². The van der Waals surface area contributed by atoms with Gasteiger partial charge in [0.1, 0.15) is 17.1 Å². The van der Waals surface area contributed by atoms with Gasteiger partial charge in [-0.05, 0) is 30.3 Å². The second-order valence-electron chi connectivity index (χ2n) is 6.35. The number of carbonyl (C=O) groups is 1. The molecule has 3 aromatic rings. The molecular formula is C18H11F6N3O5S. The summed E-state index contributed by atoms with van der Waals surface area (Å²) in [5.74, 6) is -1.56. The minimum absolute atomic E-state index is 0.0566. The van der Waals surface area contributed by atoms with E-state index in [9.17, 15) is 41.3 Å². The number of fused-ring (bicyclic) bond motifs is 1. The Kier molecular flexibility index (Phi) is 6.62. The van der Waals surface area contributed by atoms with Crippen LogP contribution in [0.3, 0.4) is 0 Å². The molecule has 0 saturated heterocycles. The zero-order chi connectivity index (χ0) is 24.4. The number of carbonyl (C=O) groups excluding carboxylic acids is 1. The van der Waals surface area contributed by atoms with Crippen LogP contribution in [-0.2, 0) is 0 Å². The zero-order valence-corrected chi connectivity index (χ0v) is 16.8. The summed E-state index contributed by atoms with van der Waals surface area (Å²) < 4.78 is 83.4. The molecule has 0 aliphatic rings. The number of amides is 1. The van der Waals surface area contributed by atoms with Gasteiger partial charge >= 0.3 is 12.4 Å². The number of benzene rings is 2. The number of hydrogen-bond donors (Lipinski definition) is 1. The van der Waals surface area contributed by atoms with E-state index in [4.69, 9.17) is 0 Å². The molecule has 0 spiro atoms. The van der Waals surface area contributed by atoms with Gasteiger partial charge in [-0.25, -0.2) is 4.98 Å². The maximum absolute atomic E-state index is 12.6. The van der Waals surface area contributed by atoms with Crippen LogP contribution in [0.5, 0.6) is 11.5 Å². The molecular weight excluding hydrogens is 484 g/mol. The van der Waals surface area contributed by atoms with Crippen LogP contribution in [0.2, 0.25) is 0 Å². The third-order valence-electron chi connectivity index (χ3n) is 3.79. The van der Waals surface area contributed by atoms with E-state index in [2.05, 4.69) is 19.8 Å². The van der Waals surface area contributed by atoms with Crippen molar-refractivity contribution >= 4 is 38.3 Å². The van der Waals surface area contributed by atoms with Gasteiger partial charge in [0, 0.05) is 6.07 Å². The normalized spacial score (nSPS) is 11.9. The molecule has 3 rings (SSSR count). The highest BCUT2D eigenvalue weighted by Crippen LogP contribution is 2.32. The maximum atomic E-state index is 12.6. The van der Waals surface area contributed by atoms with E-state index in [1.165, 1.54) is 18.2 Å². The smallest absolute Gasteiger partial charge is 0.422 e. The highest BCUT2D eigenvalue weighted by Gasteiger charge is 2.30. The summed E-state index contributed by atoms with van der Waals surface area (Å²) >= 11 is 0.846. The lowest BCUT2D eigenvalue weighted by Crippen LogP contribution is -2.20. The largest absolute Gasteiger partial charge is 0.484 e. The second-order valence-corrected chi connectivity index (χ2v) is 7.38. The van der Waals surface area contributed by atoms with E-state index >= 15 is 0 Å². The molecule has 1 N–H and O–H groups in total. The number of rotatable bonds is 7. The molecule has 0 fully saturated rings. The molecule has 0 unspecified atom stereocenters. The number of nitrogens with zero attached hydrogens (tertiary/aromatic N) is 2. The monoisotopic (exact) mass is 495 g/mol. The second kappa shape index (κ2) is 9.09. The van der Waals surface area contributed by atoms with Gasteiger partial charge in [-0.3, -0.25) is 20.2 Å². The summed E-state index contributed by atoms with van der Waals surface area (Å²) in [4.78, 5) is 26.9. The Morgan fingerprint density at radius 3 is 2.15 bits per heavy atom. The Labute approximate surface area is 183 Å². The van der Waals surface area contributed by atoms with Crippen molar-refractivity contribution in [2.45, 2.75) is 12.4 Å². The van der Waals surface area contributed by atoms with E-state index in [-0.39, 0.29) is 10.9 Å². The molecule has 0 bridgehead atoms. The zero-order valence-electron chi connectivity index (χ0n) is 16.0. The molecule has 1 amide bonds. The van der Waals surface area contributed by atoms with Gasteiger partial charge < -0.3 is 9.47 Å². The van der Waals surface area contributed by atoms with Crippen molar-refractivity contribution in [3.63, 3.8) is 0 Å². The van der Waals surface area contributed by atoms with Crippen molar-refractivity contribution in [1.29, 1.82) is 0 Å². The first-order valence-electron chi connectivity index (χ1n) is 8.70. The van der Waals surface area contributed by atoms with Crippen molar-refractivity contribution in [3.05, 3.63) is 52.1 Å². The topological polar surface area (TPSA) is 104 Å². The van der Waals surface area contributed by atoms with E-state index in [0.717, 1.165) is 29.5 Å². The highest BCUT2D eigenvalue weighted by atomic mass is 32.1. The molecule has 0 saturated carbocycles. The van der Waals surface area contributed by atoms with E-state index < -0.39 is 53.4 Å². The van der Waals surface area contributed by atoms with Crippen LogP contribution in [0.15, 0.2) is 36.4 Å². The number of anilines is 1. The molecule has 33 heavy (non-hydrogen) atoms. The summed E-state index contributed by atoms with van der Waals surface area (Å²) in [6.45, 7) is -3.17. The average Bonchev–Trinajstić information content (AvgIpc) is 3.10. The Morgan fingerprint density at radius 2 is 1.58 bits per heavy atom. The van der Waals surface area contributed by atoms with E-state index in [0.29, 0.717) is 10.2 Å². The molecule has 8 nitrogen and oxygen atoms in total. The maximum Gasteiger partial charge on any atom is 0.422 e. The summed E-state index contributed by atoms with van der Waals surface area (Å²) in [5, 5.41) is 13.4. The van der Waals surface area contributed by atoms with Crippen LogP contribution < -0.4 is 14.8 Å². The molecule has 1 aromatic heterocycles. The van der Waals surface area contributed by atoms with Crippen LogP contribution in [0, 0.1) is 10.1 Å². The van der Waals surface area contributed by atoms with Crippen molar-refractivity contribution in [1.82, 2.24) is 4.98 Å². The number of nitrogens with one attached hydrogen (secondary N) is 1. The number of nitro benzene ring substituents is 1. The van der Waals surface area contributed by atoms with Crippen LogP contribution >= 0.6 is 11.3 Å². The minimum Gasteiger partial charge on any atom is -0.484 e. The van der Waals surface area contributed by atoms with E-state index in [1.54, 1.807) is 0 Å². The number of hydrogen-bond acceptors (Lipinski definition) is 7. The third-order valence-corrected chi connectivity index (χ3v) is 4.73. The van der Waals surface area contributed by atoms with Gasteiger partial charge in [-0.1, -0.05) is 11.3 Å². The number of nitro groups is 1. The van der Waals surface area contributed by atoms with E-state index in [1.807, 2.05) is 0 Å². The molecule has 0 aliphatic heterocycles. The fourth-order valence-electron chi connectivity index (χ4n) is 2.49. The standard InChI is InChI=1S/C18H11F6N3O5S/c19-17(20,21)7-31-9-2-4-13(27(29)30)11(5-9)15(28)26-16-25-12-3-1-10(6-14(12)33-16)32-8-18(22,23)24/h1-6H,7-8H2,(H,25,26,28). The highest BCUT2D eigenvalue weighted by molar-refractivity contribution is 7.22. The van der Waals surface area contributed by atoms with Gasteiger partial charge in [-0.2, -0.15) is 26.3 Å². The van der Waals surface area contributed by atoms with Crippen LogP contribution in [0.25, 0.3) is 10.2 Å². The van der Waals surface area contributed by atoms with Crippen molar-refractivity contribution in [2.75, 3.05) is 18.5 Å². The van der Waals surface area contributed by atoms with Crippen molar-refractivity contribution < 1.29 is 45.5 Å². The fourth-order valence-corrected chi connectivity index (χ4v) is 3.38. The molecule has 0 aliphatic carbocycles. The predicted molar refractivity (Wildman–Crippen MR) is 104 cm³/mol. The van der Waals surface area contributed by atoms with Crippen LogP contribution in [-0.4, -0.2) is 41.4 Å². The number of aromatic nitrogens is 1. The van der Waals surface area contributed by atoms with Gasteiger partial charge in [0.25, 0.3) is 11.6 Å². The average molecular weight is 495 g/mol. The molecule has 176 valence electrons. The molecule has 0 radical (unpaired) electrons. The number of halogens is 6. The lowest BCUT2D eigenvalue weighted by molar-refractivity contribution is -0.385. The number of alkyl halides is 6. The molecule has 2 aromatic carbocycles. The van der Waals surface area contributed by atoms with Crippen molar-refractivity contribution in [3.8, 4) is 11.5 Å². The predicted octanol–water partition coefficient (Wildman–Crippen LogP) is 5.34. The quantitative estimate of drug-likeness (QED) is 0.270. The SMILES string of the molecule is O=C(Nc1nc2ccc(OCC(F)(F)F)cc2s1)c1cc(OCC(F)(F)F)ccc1[N+](=O)[O-]. The molecule has 0 atom stereocenters. The fraction of sp³-hybridized carbons (Fsp3) is 0.222. The van der Waals surface area contributed by atoms with Gasteiger partial charge in [0.05, 0.1) is 15.1 Å². The first-order chi connectivity index (χ1) is 15.3. The summed E-state index contributed by atoms with van der Waals surface area (Å²) in [6.07, 6.45) is -9.19. The lowest BCUT2D eigenvalue weighted by Gasteiger charge is -2.10. The first-order valence-corrected chi connectivity index (χ1v) is 9.52. The molecule has 15 heteroatoms. The lowest BCUT2D eigenvalue weighted by atomic mass is 10.1. The van der Waals surface area contributed by atoms with Gasteiger partial charge in [0.2, 0.25) is 0 Å². The molecule has 1 heterocycles.